The quantitative estimate of drug-likeness (QED) is 0.164. The van der Waals surface area contributed by atoms with Crippen molar-refractivity contribution in [2.45, 2.75) is 70.6 Å². The molecule has 8 aromatic rings. The van der Waals surface area contributed by atoms with Crippen LogP contribution in [0.25, 0.3) is 55.3 Å². The molecule has 1 heteroatoms. The van der Waals surface area contributed by atoms with E-state index in [4.69, 9.17) is 0 Å². The molecule has 0 spiro atoms. The lowest BCUT2D eigenvalue weighted by Gasteiger charge is -2.43. The molecule has 0 radical (unpaired) electrons. The summed E-state index contributed by atoms with van der Waals surface area (Å²) in [6.45, 7) is 14.6. The lowest BCUT2D eigenvalue weighted by Crippen LogP contribution is -2.34. The Kier molecular flexibility index (Phi) is 8.39. The fourth-order valence-electron chi connectivity index (χ4n) is 10.2. The van der Waals surface area contributed by atoms with E-state index in [1.54, 1.807) is 0 Å². The second kappa shape index (κ2) is 13.5. The summed E-state index contributed by atoms with van der Waals surface area (Å²) in [7, 11) is 0. The third-order valence-corrected chi connectivity index (χ3v) is 13.5. The van der Waals surface area contributed by atoms with Crippen LogP contribution in [0, 0.1) is 0 Å². The lowest BCUT2D eigenvalue weighted by molar-refractivity contribution is 0.333. The minimum absolute atomic E-state index is 0.0250. The van der Waals surface area contributed by atoms with Crippen molar-refractivity contribution in [1.82, 2.24) is 0 Å². The standard InChI is InChI=1S/C57H51N/c1-55(2)34-35-56(3,4)54-47(23-15-25-51(54)55)49-36-48-46-21-12-13-24-50(46)57(5,6)52(48)37-53(49)58(42-30-26-39(27-31-42)38-16-8-7-9-17-38)43-32-28-41(29-33-43)45-22-14-19-40-18-10-11-20-44(40)45/h7-33,36-37H,34-35H2,1-6H3. The summed E-state index contributed by atoms with van der Waals surface area (Å²) in [4.78, 5) is 2.52. The van der Waals surface area contributed by atoms with E-state index >= 15 is 0 Å². The topological polar surface area (TPSA) is 3.24 Å². The van der Waals surface area contributed by atoms with Crippen molar-refractivity contribution in [2.75, 3.05) is 4.90 Å². The van der Waals surface area contributed by atoms with Gasteiger partial charge in [-0.1, -0.05) is 181 Å². The highest BCUT2D eigenvalue weighted by Gasteiger charge is 2.41. The van der Waals surface area contributed by atoms with Gasteiger partial charge < -0.3 is 4.90 Å². The monoisotopic (exact) mass is 749 g/mol. The number of hydrogen-bond acceptors (Lipinski definition) is 1. The number of benzene rings is 8. The molecule has 0 aliphatic heterocycles. The van der Waals surface area contributed by atoms with Crippen LogP contribution in [-0.2, 0) is 16.2 Å². The Hall–Kier alpha value is -6.18. The molecule has 0 N–H and O–H groups in total. The molecule has 1 nitrogen and oxygen atoms in total. The minimum atomic E-state index is -0.155. The SMILES string of the molecule is CC1(C)CCC(C)(C)c2c(-c3cc4c(cc3N(c3ccc(-c5ccccc5)cc3)c3ccc(-c5cccc6ccccc56)cc3)C(C)(C)c3ccccc3-4)cccc21. The molecule has 10 rings (SSSR count). The number of hydrogen-bond donors (Lipinski definition) is 0. The average molecular weight is 750 g/mol. The zero-order chi connectivity index (χ0) is 39.8. The summed E-state index contributed by atoms with van der Waals surface area (Å²) in [6, 6.07) is 65.7. The van der Waals surface area contributed by atoms with Crippen LogP contribution >= 0.6 is 0 Å². The fourth-order valence-corrected chi connectivity index (χ4v) is 10.2. The van der Waals surface area contributed by atoms with E-state index in [-0.39, 0.29) is 16.2 Å². The molecular weight excluding hydrogens is 699 g/mol. The Labute approximate surface area is 344 Å². The van der Waals surface area contributed by atoms with Crippen LogP contribution in [0.5, 0.6) is 0 Å². The van der Waals surface area contributed by atoms with E-state index < -0.39 is 0 Å². The van der Waals surface area contributed by atoms with Crippen LogP contribution in [0.1, 0.15) is 76.6 Å². The Bertz CT molecular complexity index is 2830. The molecule has 0 amide bonds. The number of anilines is 3. The van der Waals surface area contributed by atoms with Gasteiger partial charge in [0.2, 0.25) is 0 Å². The highest BCUT2D eigenvalue weighted by atomic mass is 15.1. The second-order valence-corrected chi connectivity index (χ2v) is 18.4. The van der Waals surface area contributed by atoms with Crippen molar-refractivity contribution >= 4 is 27.8 Å². The summed E-state index contributed by atoms with van der Waals surface area (Å²) < 4.78 is 0. The van der Waals surface area contributed by atoms with Gasteiger partial charge in [0.25, 0.3) is 0 Å². The molecule has 0 bridgehead atoms. The van der Waals surface area contributed by atoms with Crippen LogP contribution in [0.2, 0.25) is 0 Å². The van der Waals surface area contributed by atoms with E-state index in [9.17, 15) is 0 Å². The van der Waals surface area contributed by atoms with E-state index in [0.29, 0.717) is 0 Å². The molecule has 2 aliphatic rings. The Morgan fingerprint density at radius 3 is 1.69 bits per heavy atom. The third kappa shape index (κ3) is 5.82. The van der Waals surface area contributed by atoms with Crippen molar-refractivity contribution in [2.24, 2.45) is 0 Å². The smallest absolute Gasteiger partial charge is 0.0543 e. The molecule has 0 atom stereocenters. The van der Waals surface area contributed by atoms with Crippen molar-refractivity contribution < 1.29 is 0 Å². The van der Waals surface area contributed by atoms with Gasteiger partial charge in [-0.05, 0) is 132 Å². The Morgan fingerprint density at radius 1 is 0.379 bits per heavy atom. The second-order valence-electron chi connectivity index (χ2n) is 18.4. The lowest BCUT2D eigenvalue weighted by atomic mass is 9.61. The molecular formula is C57H51N. The normalized spacial score (nSPS) is 15.7. The van der Waals surface area contributed by atoms with Crippen molar-refractivity contribution in [3.8, 4) is 44.5 Å². The first-order valence-corrected chi connectivity index (χ1v) is 21.0. The molecule has 0 heterocycles. The summed E-state index contributed by atoms with van der Waals surface area (Å²) in [5.41, 5.74) is 19.4. The number of fused-ring (bicyclic) bond motifs is 5. The van der Waals surface area contributed by atoms with Crippen molar-refractivity contribution in [3.63, 3.8) is 0 Å². The van der Waals surface area contributed by atoms with E-state index in [0.717, 1.165) is 17.8 Å². The van der Waals surface area contributed by atoms with Gasteiger partial charge in [0, 0.05) is 22.4 Å². The number of nitrogens with zero attached hydrogens (tertiary/aromatic N) is 1. The maximum atomic E-state index is 2.54. The third-order valence-electron chi connectivity index (χ3n) is 13.5. The molecule has 0 fully saturated rings. The fraction of sp³-hybridized carbons (Fsp3) is 0.193. The molecule has 0 unspecified atom stereocenters. The van der Waals surface area contributed by atoms with E-state index in [2.05, 4.69) is 222 Å². The van der Waals surface area contributed by atoms with Gasteiger partial charge in [-0.3, -0.25) is 0 Å². The van der Waals surface area contributed by atoms with Crippen molar-refractivity contribution in [3.05, 3.63) is 198 Å². The van der Waals surface area contributed by atoms with Gasteiger partial charge in [-0.25, -0.2) is 0 Å². The zero-order valence-corrected chi connectivity index (χ0v) is 34.6. The van der Waals surface area contributed by atoms with Gasteiger partial charge in [-0.2, -0.15) is 0 Å². The average Bonchev–Trinajstić information content (AvgIpc) is 3.47. The first-order chi connectivity index (χ1) is 28.0. The highest BCUT2D eigenvalue weighted by molar-refractivity contribution is 5.98. The summed E-state index contributed by atoms with van der Waals surface area (Å²) in [6.07, 6.45) is 2.33. The first kappa shape index (κ1) is 36.2. The van der Waals surface area contributed by atoms with Gasteiger partial charge in [0.05, 0.1) is 5.69 Å². The molecule has 58 heavy (non-hydrogen) atoms. The van der Waals surface area contributed by atoms with Crippen molar-refractivity contribution in [1.29, 1.82) is 0 Å². The molecule has 0 saturated carbocycles. The maximum Gasteiger partial charge on any atom is 0.0543 e. The van der Waals surface area contributed by atoms with E-state index in [1.807, 2.05) is 0 Å². The number of rotatable bonds is 6. The van der Waals surface area contributed by atoms with Gasteiger partial charge in [0.15, 0.2) is 0 Å². The first-order valence-electron chi connectivity index (χ1n) is 21.0. The van der Waals surface area contributed by atoms with E-state index in [1.165, 1.54) is 89.6 Å². The largest absolute Gasteiger partial charge is 0.310 e. The van der Waals surface area contributed by atoms with Gasteiger partial charge >= 0.3 is 0 Å². The van der Waals surface area contributed by atoms with Crippen LogP contribution in [-0.4, -0.2) is 0 Å². The maximum absolute atomic E-state index is 2.54. The minimum Gasteiger partial charge on any atom is -0.310 e. The Morgan fingerprint density at radius 2 is 0.931 bits per heavy atom. The molecule has 2 aliphatic carbocycles. The molecule has 8 aromatic carbocycles. The highest BCUT2D eigenvalue weighted by Crippen LogP contribution is 2.56. The molecule has 0 saturated heterocycles. The van der Waals surface area contributed by atoms with Crippen LogP contribution in [0.3, 0.4) is 0 Å². The van der Waals surface area contributed by atoms with Gasteiger partial charge in [-0.15, -0.1) is 0 Å². The molecule has 0 aromatic heterocycles. The molecule has 284 valence electrons. The summed E-state index contributed by atoms with van der Waals surface area (Å²) in [5, 5.41) is 2.53. The van der Waals surface area contributed by atoms with Crippen LogP contribution < -0.4 is 4.90 Å². The van der Waals surface area contributed by atoms with Crippen LogP contribution in [0.4, 0.5) is 17.1 Å². The Balaban J connectivity index is 1.24. The zero-order valence-electron chi connectivity index (χ0n) is 34.6. The summed E-state index contributed by atoms with van der Waals surface area (Å²) >= 11 is 0. The predicted octanol–water partition coefficient (Wildman–Crippen LogP) is 16.0. The predicted molar refractivity (Wildman–Crippen MR) is 248 cm³/mol. The summed E-state index contributed by atoms with van der Waals surface area (Å²) in [5.74, 6) is 0. The van der Waals surface area contributed by atoms with Crippen LogP contribution in [0.15, 0.2) is 176 Å². The van der Waals surface area contributed by atoms with Gasteiger partial charge in [0.1, 0.15) is 0 Å².